The largest absolute Gasteiger partial charge is 0.434 e. The summed E-state index contributed by atoms with van der Waals surface area (Å²) in [6.45, 7) is 0.0773. The van der Waals surface area contributed by atoms with E-state index >= 15 is 0 Å². The lowest BCUT2D eigenvalue weighted by Crippen LogP contribution is -2.28. The van der Waals surface area contributed by atoms with Gasteiger partial charge in [0.25, 0.3) is 0 Å². The second kappa shape index (κ2) is 4.14. The number of halogens is 2. The SMILES string of the molecule is C[C@@H]1NCCc2cccc(OC(F)F)c21. The van der Waals surface area contributed by atoms with Crippen LogP contribution in [0.4, 0.5) is 8.78 Å². The lowest BCUT2D eigenvalue weighted by atomic mass is 9.94. The van der Waals surface area contributed by atoms with Crippen molar-refractivity contribution in [3.63, 3.8) is 0 Å². The van der Waals surface area contributed by atoms with Crippen LogP contribution in [0.5, 0.6) is 5.75 Å². The summed E-state index contributed by atoms with van der Waals surface area (Å²) < 4.78 is 28.9. The summed E-state index contributed by atoms with van der Waals surface area (Å²) in [6.07, 6.45) is 0.861. The summed E-state index contributed by atoms with van der Waals surface area (Å²) in [6, 6.07) is 5.39. The number of benzene rings is 1. The van der Waals surface area contributed by atoms with Crippen molar-refractivity contribution in [1.82, 2.24) is 5.32 Å². The predicted octanol–water partition coefficient (Wildman–Crippen LogP) is 2.49. The molecule has 0 bridgehead atoms. The minimum absolute atomic E-state index is 0.0729. The van der Waals surface area contributed by atoms with Crippen molar-refractivity contribution in [2.45, 2.75) is 26.0 Å². The summed E-state index contributed by atoms with van der Waals surface area (Å²) in [7, 11) is 0. The Bertz CT molecular complexity index is 354. The highest BCUT2D eigenvalue weighted by Gasteiger charge is 2.21. The van der Waals surface area contributed by atoms with E-state index < -0.39 is 6.61 Å². The zero-order valence-electron chi connectivity index (χ0n) is 8.47. The quantitative estimate of drug-likeness (QED) is 0.815. The van der Waals surface area contributed by atoms with Gasteiger partial charge in [-0.3, -0.25) is 0 Å². The van der Waals surface area contributed by atoms with Crippen molar-refractivity contribution in [2.24, 2.45) is 0 Å². The Morgan fingerprint density at radius 1 is 1.47 bits per heavy atom. The Morgan fingerprint density at radius 2 is 2.27 bits per heavy atom. The third-order valence-electron chi connectivity index (χ3n) is 2.65. The maximum atomic E-state index is 12.2. The standard InChI is InChI=1S/C11H13F2NO/c1-7-10-8(5-6-14-7)3-2-4-9(10)15-11(12)13/h2-4,7,11,14H,5-6H2,1H3/t7-/m0/s1. The Labute approximate surface area is 87.2 Å². The van der Waals surface area contributed by atoms with Crippen LogP contribution < -0.4 is 10.1 Å². The highest BCUT2D eigenvalue weighted by Crippen LogP contribution is 2.32. The van der Waals surface area contributed by atoms with E-state index in [-0.39, 0.29) is 6.04 Å². The van der Waals surface area contributed by atoms with Gasteiger partial charge in [-0.2, -0.15) is 8.78 Å². The lowest BCUT2D eigenvalue weighted by Gasteiger charge is -2.26. The summed E-state index contributed by atoms with van der Waals surface area (Å²) in [4.78, 5) is 0. The fraction of sp³-hybridized carbons (Fsp3) is 0.455. The zero-order valence-corrected chi connectivity index (χ0v) is 8.47. The van der Waals surface area contributed by atoms with E-state index in [9.17, 15) is 8.78 Å². The first-order valence-corrected chi connectivity index (χ1v) is 4.98. The number of ether oxygens (including phenoxy) is 1. The number of rotatable bonds is 2. The summed E-state index contributed by atoms with van der Waals surface area (Å²) in [5, 5.41) is 3.23. The Balaban J connectivity index is 2.38. The van der Waals surface area contributed by atoms with Crippen LogP contribution in [0.3, 0.4) is 0 Å². The second-order valence-corrected chi connectivity index (χ2v) is 3.63. The molecule has 0 saturated carbocycles. The van der Waals surface area contributed by atoms with Crippen LogP contribution in [0.15, 0.2) is 18.2 Å². The van der Waals surface area contributed by atoms with Gasteiger partial charge < -0.3 is 10.1 Å². The second-order valence-electron chi connectivity index (χ2n) is 3.63. The van der Waals surface area contributed by atoms with Gasteiger partial charge in [-0.05, 0) is 31.5 Å². The van der Waals surface area contributed by atoms with Crippen LogP contribution >= 0.6 is 0 Å². The molecule has 0 aliphatic carbocycles. The van der Waals surface area contributed by atoms with Crippen LogP contribution in [-0.4, -0.2) is 13.2 Å². The predicted molar refractivity (Wildman–Crippen MR) is 53.2 cm³/mol. The van der Waals surface area contributed by atoms with E-state index in [1.54, 1.807) is 12.1 Å². The van der Waals surface area contributed by atoms with E-state index in [2.05, 4.69) is 10.1 Å². The molecule has 0 saturated heterocycles. The topological polar surface area (TPSA) is 21.3 Å². The molecule has 1 heterocycles. The normalized spacial score (nSPS) is 20.1. The molecule has 15 heavy (non-hydrogen) atoms. The van der Waals surface area contributed by atoms with Crippen LogP contribution in [-0.2, 0) is 6.42 Å². The number of fused-ring (bicyclic) bond motifs is 1. The van der Waals surface area contributed by atoms with Gasteiger partial charge >= 0.3 is 6.61 Å². The molecule has 2 nitrogen and oxygen atoms in total. The molecule has 1 atom stereocenters. The average Bonchev–Trinajstić information content (AvgIpc) is 2.17. The van der Waals surface area contributed by atoms with Crippen molar-refractivity contribution in [3.05, 3.63) is 29.3 Å². The van der Waals surface area contributed by atoms with Crippen molar-refractivity contribution in [2.75, 3.05) is 6.54 Å². The van der Waals surface area contributed by atoms with E-state index in [4.69, 9.17) is 0 Å². The summed E-state index contributed by atoms with van der Waals surface area (Å²) >= 11 is 0. The van der Waals surface area contributed by atoms with Gasteiger partial charge in [0.15, 0.2) is 0 Å². The summed E-state index contributed by atoms with van der Waals surface area (Å²) in [5.41, 5.74) is 1.96. The maximum absolute atomic E-state index is 12.2. The maximum Gasteiger partial charge on any atom is 0.387 e. The Hall–Kier alpha value is -1.16. The molecule has 1 N–H and O–H groups in total. The van der Waals surface area contributed by atoms with E-state index in [0.29, 0.717) is 5.75 Å². The lowest BCUT2D eigenvalue weighted by molar-refractivity contribution is -0.0507. The van der Waals surface area contributed by atoms with Gasteiger partial charge in [-0.25, -0.2) is 0 Å². The van der Waals surface area contributed by atoms with Crippen molar-refractivity contribution >= 4 is 0 Å². The van der Waals surface area contributed by atoms with Crippen LogP contribution in [0, 0.1) is 0 Å². The first-order valence-electron chi connectivity index (χ1n) is 4.98. The first-order chi connectivity index (χ1) is 7.18. The Morgan fingerprint density at radius 3 is 3.00 bits per heavy atom. The first kappa shape index (κ1) is 10.4. The van der Waals surface area contributed by atoms with Gasteiger partial charge in [-0.1, -0.05) is 12.1 Å². The zero-order chi connectivity index (χ0) is 10.8. The third-order valence-corrected chi connectivity index (χ3v) is 2.65. The third kappa shape index (κ3) is 2.09. The van der Waals surface area contributed by atoms with Crippen molar-refractivity contribution in [3.8, 4) is 5.75 Å². The van der Waals surface area contributed by atoms with Crippen molar-refractivity contribution in [1.29, 1.82) is 0 Å². The molecule has 0 unspecified atom stereocenters. The molecule has 1 aliphatic rings. The highest BCUT2D eigenvalue weighted by molar-refractivity contribution is 5.43. The molecule has 0 radical (unpaired) electrons. The van der Waals surface area contributed by atoms with Gasteiger partial charge in [0, 0.05) is 11.6 Å². The van der Waals surface area contributed by atoms with E-state index in [1.165, 1.54) is 0 Å². The van der Waals surface area contributed by atoms with Gasteiger partial charge in [-0.15, -0.1) is 0 Å². The van der Waals surface area contributed by atoms with E-state index in [1.807, 2.05) is 13.0 Å². The molecule has 4 heteroatoms. The van der Waals surface area contributed by atoms with Crippen LogP contribution in [0.25, 0.3) is 0 Å². The number of hydrogen-bond acceptors (Lipinski definition) is 2. The molecule has 1 aromatic rings. The van der Waals surface area contributed by atoms with Crippen LogP contribution in [0.1, 0.15) is 24.1 Å². The fourth-order valence-electron chi connectivity index (χ4n) is 2.02. The highest BCUT2D eigenvalue weighted by atomic mass is 19.3. The van der Waals surface area contributed by atoms with Gasteiger partial charge in [0.1, 0.15) is 5.75 Å². The number of nitrogens with one attached hydrogen (secondary N) is 1. The molecule has 1 aromatic carbocycles. The minimum Gasteiger partial charge on any atom is -0.434 e. The van der Waals surface area contributed by atoms with E-state index in [0.717, 1.165) is 24.1 Å². The Kier molecular flexibility index (Phi) is 2.86. The molecular formula is C11H13F2NO. The fourth-order valence-corrected chi connectivity index (χ4v) is 2.02. The van der Waals surface area contributed by atoms with Gasteiger partial charge in [0.05, 0.1) is 0 Å². The molecule has 1 aliphatic heterocycles. The molecule has 0 spiro atoms. The van der Waals surface area contributed by atoms with Gasteiger partial charge in [0.2, 0.25) is 0 Å². The number of alkyl halides is 2. The minimum atomic E-state index is -2.76. The average molecular weight is 213 g/mol. The summed E-state index contributed by atoms with van der Waals surface area (Å²) in [5.74, 6) is 0.294. The molecule has 82 valence electrons. The van der Waals surface area contributed by atoms with Crippen LogP contribution in [0.2, 0.25) is 0 Å². The molecule has 0 amide bonds. The molecule has 0 aromatic heterocycles. The molecular weight excluding hydrogens is 200 g/mol. The molecule has 0 fully saturated rings. The number of hydrogen-bond donors (Lipinski definition) is 1. The smallest absolute Gasteiger partial charge is 0.387 e. The molecule has 2 rings (SSSR count). The van der Waals surface area contributed by atoms with Crippen molar-refractivity contribution < 1.29 is 13.5 Å². The monoisotopic (exact) mass is 213 g/mol.